The summed E-state index contributed by atoms with van der Waals surface area (Å²) >= 11 is 0. The summed E-state index contributed by atoms with van der Waals surface area (Å²) in [5.41, 5.74) is 0.947. The molecule has 2 rings (SSSR count). The minimum atomic E-state index is -3.43. The first kappa shape index (κ1) is 16.5. The molecule has 0 bridgehead atoms. The Labute approximate surface area is 127 Å². The van der Waals surface area contributed by atoms with Crippen LogP contribution in [0.25, 0.3) is 0 Å². The molecule has 0 atom stereocenters. The molecule has 0 saturated heterocycles. The van der Waals surface area contributed by atoms with Crippen molar-refractivity contribution in [3.8, 4) is 0 Å². The van der Waals surface area contributed by atoms with Gasteiger partial charge in [-0.3, -0.25) is 0 Å². The highest BCUT2D eigenvalue weighted by atomic mass is 32.2. The molecule has 0 heterocycles. The third kappa shape index (κ3) is 5.09. The lowest BCUT2D eigenvalue weighted by atomic mass is 9.97. The van der Waals surface area contributed by atoms with Crippen LogP contribution in [0, 0.1) is 0 Å². The topological polar surface area (TPSA) is 66.4 Å². The molecule has 118 valence electrons. The zero-order valence-electron chi connectivity index (χ0n) is 12.4. The minimum absolute atomic E-state index is 0.0624. The van der Waals surface area contributed by atoms with Crippen LogP contribution in [0.2, 0.25) is 0 Å². The average molecular weight is 311 g/mol. The molecule has 1 saturated carbocycles. The predicted molar refractivity (Wildman–Crippen MR) is 83.7 cm³/mol. The molecule has 1 aromatic carbocycles. The van der Waals surface area contributed by atoms with Crippen LogP contribution in [0.3, 0.4) is 0 Å². The van der Waals surface area contributed by atoms with Crippen molar-refractivity contribution in [2.75, 3.05) is 6.61 Å². The third-order valence-electron chi connectivity index (χ3n) is 4.06. The Bertz CT molecular complexity index is 517. The molecular formula is C16H25NO3S. The fraction of sp³-hybridized carbons (Fsp3) is 0.625. The second-order valence-corrected chi connectivity index (χ2v) is 7.49. The maximum atomic E-state index is 12.4. The Morgan fingerprint density at radius 3 is 2.14 bits per heavy atom. The number of nitrogens with one attached hydrogen (secondary N) is 1. The summed E-state index contributed by atoms with van der Waals surface area (Å²) in [6.07, 6.45) is 8.29. The van der Waals surface area contributed by atoms with Crippen LogP contribution in [0.15, 0.2) is 29.2 Å². The number of aliphatic hydroxyl groups excluding tert-OH is 1. The van der Waals surface area contributed by atoms with Gasteiger partial charge in [0.05, 0.1) is 4.90 Å². The summed E-state index contributed by atoms with van der Waals surface area (Å²) in [7, 11) is -3.43. The number of hydrogen-bond donors (Lipinski definition) is 2. The molecule has 5 heteroatoms. The molecule has 0 amide bonds. The first-order chi connectivity index (χ1) is 10.1. The van der Waals surface area contributed by atoms with Crippen LogP contribution in [0.5, 0.6) is 0 Å². The highest BCUT2D eigenvalue weighted by Gasteiger charge is 2.20. The molecule has 0 aromatic heterocycles. The summed E-state index contributed by atoms with van der Waals surface area (Å²) in [5, 5.41) is 8.88. The Balaban J connectivity index is 2.02. The molecule has 0 unspecified atom stereocenters. The van der Waals surface area contributed by atoms with Gasteiger partial charge >= 0.3 is 0 Å². The maximum Gasteiger partial charge on any atom is 0.240 e. The van der Waals surface area contributed by atoms with Gasteiger partial charge in [0.1, 0.15) is 0 Å². The van der Waals surface area contributed by atoms with E-state index in [1.165, 1.54) is 19.3 Å². The van der Waals surface area contributed by atoms with Crippen molar-refractivity contribution >= 4 is 10.0 Å². The first-order valence-electron chi connectivity index (χ1n) is 7.84. The Hall–Kier alpha value is -0.910. The van der Waals surface area contributed by atoms with E-state index >= 15 is 0 Å². The van der Waals surface area contributed by atoms with Crippen LogP contribution in [0.4, 0.5) is 0 Å². The third-order valence-corrected chi connectivity index (χ3v) is 5.60. The summed E-state index contributed by atoms with van der Waals surface area (Å²) in [4.78, 5) is 0.311. The number of hydrogen-bond acceptors (Lipinski definition) is 3. The van der Waals surface area contributed by atoms with E-state index in [0.717, 1.165) is 31.2 Å². The number of aliphatic hydroxyl groups is 1. The lowest BCUT2D eigenvalue weighted by Gasteiger charge is -2.21. The van der Waals surface area contributed by atoms with Gasteiger partial charge in [-0.15, -0.1) is 0 Å². The lowest BCUT2D eigenvalue weighted by molar-refractivity contribution is 0.299. The molecule has 2 N–H and O–H groups in total. The van der Waals surface area contributed by atoms with Crippen LogP contribution in [-0.4, -0.2) is 26.2 Å². The maximum absolute atomic E-state index is 12.4. The fourth-order valence-electron chi connectivity index (χ4n) is 2.83. The zero-order chi connectivity index (χ0) is 15.1. The highest BCUT2D eigenvalue weighted by molar-refractivity contribution is 7.89. The molecule has 0 aliphatic heterocycles. The van der Waals surface area contributed by atoms with E-state index in [0.29, 0.717) is 11.3 Å². The van der Waals surface area contributed by atoms with Crippen LogP contribution in [0.1, 0.15) is 50.5 Å². The van der Waals surface area contributed by atoms with Gasteiger partial charge in [0.2, 0.25) is 10.0 Å². The van der Waals surface area contributed by atoms with Gasteiger partial charge in [0.15, 0.2) is 0 Å². The molecule has 1 aromatic rings. The molecule has 0 radical (unpaired) electrons. The van der Waals surface area contributed by atoms with E-state index in [-0.39, 0.29) is 12.6 Å². The van der Waals surface area contributed by atoms with Gasteiger partial charge in [-0.05, 0) is 37.0 Å². The van der Waals surface area contributed by atoms with Gasteiger partial charge in [0.25, 0.3) is 0 Å². The van der Waals surface area contributed by atoms with E-state index in [9.17, 15) is 8.42 Å². The van der Waals surface area contributed by atoms with Gasteiger partial charge in [0, 0.05) is 12.6 Å². The highest BCUT2D eigenvalue weighted by Crippen LogP contribution is 2.19. The molecule has 4 nitrogen and oxygen atoms in total. The van der Waals surface area contributed by atoms with Crippen molar-refractivity contribution in [3.63, 3.8) is 0 Å². The SMILES string of the molecule is O=S(=O)(NC1CCCCCCC1)c1ccc(CCO)cc1. The number of rotatable bonds is 5. The van der Waals surface area contributed by atoms with Crippen molar-refractivity contribution in [2.45, 2.75) is 62.3 Å². The monoisotopic (exact) mass is 311 g/mol. The predicted octanol–water partition coefficient (Wildman–Crippen LogP) is 2.61. The van der Waals surface area contributed by atoms with E-state index < -0.39 is 10.0 Å². The zero-order valence-corrected chi connectivity index (χ0v) is 13.2. The van der Waals surface area contributed by atoms with Crippen LogP contribution in [-0.2, 0) is 16.4 Å². The summed E-state index contributed by atoms with van der Waals surface area (Å²) < 4.78 is 27.7. The van der Waals surface area contributed by atoms with E-state index in [1.807, 2.05) is 0 Å². The van der Waals surface area contributed by atoms with Crippen molar-refractivity contribution in [2.24, 2.45) is 0 Å². The molecule has 1 aliphatic carbocycles. The average Bonchev–Trinajstić information content (AvgIpc) is 2.43. The molecule has 0 spiro atoms. The molecule has 1 fully saturated rings. The smallest absolute Gasteiger partial charge is 0.240 e. The first-order valence-corrected chi connectivity index (χ1v) is 9.32. The minimum Gasteiger partial charge on any atom is -0.396 e. The van der Waals surface area contributed by atoms with E-state index in [4.69, 9.17) is 5.11 Å². The standard InChI is InChI=1S/C16H25NO3S/c18-13-12-14-8-10-16(11-9-14)21(19,20)17-15-6-4-2-1-3-5-7-15/h8-11,15,17-18H,1-7,12-13H2. The van der Waals surface area contributed by atoms with Crippen LogP contribution >= 0.6 is 0 Å². The summed E-state index contributed by atoms with van der Waals surface area (Å²) in [6.45, 7) is 0.0758. The van der Waals surface area contributed by atoms with Crippen molar-refractivity contribution in [1.29, 1.82) is 0 Å². The second-order valence-electron chi connectivity index (χ2n) is 5.78. The van der Waals surface area contributed by atoms with Crippen molar-refractivity contribution < 1.29 is 13.5 Å². The van der Waals surface area contributed by atoms with Crippen molar-refractivity contribution in [3.05, 3.63) is 29.8 Å². The normalized spacial score (nSPS) is 18.1. The summed E-state index contributed by atoms with van der Waals surface area (Å²) in [6, 6.07) is 6.84. The lowest BCUT2D eigenvalue weighted by Crippen LogP contribution is -2.35. The molecule has 1 aliphatic rings. The Kier molecular flexibility index (Phi) is 6.21. The fourth-order valence-corrected chi connectivity index (χ4v) is 4.13. The Morgan fingerprint density at radius 1 is 1.00 bits per heavy atom. The quantitative estimate of drug-likeness (QED) is 0.878. The van der Waals surface area contributed by atoms with Crippen molar-refractivity contribution in [1.82, 2.24) is 4.72 Å². The van der Waals surface area contributed by atoms with Gasteiger partial charge in [-0.2, -0.15) is 0 Å². The number of benzene rings is 1. The number of sulfonamides is 1. The molecule has 21 heavy (non-hydrogen) atoms. The van der Waals surface area contributed by atoms with Crippen LogP contribution < -0.4 is 4.72 Å². The molecular weight excluding hydrogens is 286 g/mol. The van der Waals surface area contributed by atoms with Gasteiger partial charge in [-0.1, -0.05) is 44.2 Å². The van der Waals surface area contributed by atoms with Gasteiger partial charge < -0.3 is 5.11 Å². The summed E-state index contributed by atoms with van der Waals surface area (Å²) in [5.74, 6) is 0. The van der Waals surface area contributed by atoms with E-state index in [2.05, 4.69) is 4.72 Å². The Morgan fingerprint density at radius 2 is 1.57 bits per heavy atom. The van der Waals surface area contributed by atoms with E-state index in [1.54, 1.807) is 24.3 Å². The van der Waals surface area contributed by atoms with Gasteiger partial charge in [-0.25, -0.2) is 13.1 Å². The largest absolute Gasteiger partial charge is 0.396 e. The second kappa shape index (κ2) is 7.92.